The third kappa shape index (κ3) is 3.39. The first-order chi connectivity index (χ1) is 6.77. The summed E-state index contributed by atoms with van der Waals surface area (Å²) in [5.41, 5.74) is 1.26. The Morgan fingerprint density at radius 2 is 2.29 bits per heavy atom. The van der Waals surface area contributed by atoms with Crippen molar-refractivity contribution < 1.29 is 0 Å². The Kier molecular flexibility index (Phi) is 5.12. The lowest BCUT2D eigenvalue weighted by atomic mass is 10.1. The highest BCUT2D eigenvalue weighted by molar-refractivity contribution is 7.09. The fourth-order valence-corrected chi connectivity index (χ4v) is 2.10. The van der Waals surface area contributed by atoms with E-state index in [0.29, 0.717) is 5.92 Å². The minimum atomic E-state index is 0.603. The molecule has 0 amide bonds. The van der Waals surface area contributed by atoms with Crippen LogP contribution in [0.15, 0.2) is 5.38 Å². The summed E-state index contributed by atoms with van der Waals surface area (Å²) in [6, 6.07) is 0. The molecule has 3 heteroatoms. The number of hydrogen-bond donors (Lipinski definition) is 1. The van der Waals surface area contributed by atoms with Crippen molar-refractivity contribution in [3.05, 3.63) is 16.1 Å². The number of aromatic nitrogens is 1. The molecule has 80 valence electrons. The fraction of sp³-hybridized carbons (Fsp3) is 0.727. The summed E-state index contributed by atoms with van der Waals surface area (Å²) in [6.45, 7) is 8.63. The zero-order valence-corrected chi connectivity index (χ0v) is 10.2. The molecule has 14 heavy (non-hydrogen) atoms. The predicted octanol–water partition coefficient (Wildman–Crippen LogP) is 3.16. The molecule has 2 nitrogen and oxygen atoms in total. The summed E-state index contributed by atoms with van der Waals surface area (Å²) in [6.07, 6.45) is 2.36. The predicted molar refractivity (Wildman–Crippen MR) is 62.8 cm³/mol. The van der Waals surface area contributed by atoms with Crippen molar-refractivity contribution in [1.82, 2.24) is 10.3 Å². The van der Waals surface area contributed by atoms with E-state index in [1.165, 1.54) is 23.5 Å². The van der Waals surface area contributed by atoms with Crippen molar-refractivity contribution >= 4 is 11.3 Å². The van der Waals surface area contributed by atoms with Gasteiger partial charge in [-0.2, -0.15) is 0 Å². The summed E-state index contributed by atoms with van der Waals surface area (Å²) in [7, 11) is 0. The van der Waals surface area contributed by atoms with Crippen LogP contribution in [0.1, 0.15) is 50.2 Å². The lowest BCUT2D eigenvalue weighted by Gasteiger charge is -2.02. The molecular formula is C11H20N2S. The van der Waals surface area contributed by atoms with Crippen LogP contribution in [0.4, 0.5) is 0 Å². The third-order valence-electron chi connectivity index (χ3n) is 2.39. The second kappa shape index (κ2) is 6.14. The molecule has 1 N–H and O–H groups in total. The van der Waals surface area contributed by atoms with Crippen LogP contribution in [0.25, 0.3) is 0 Å². The minimum absolute atomic E-state index is 0.603. The molecular weight excluding hydrogens is 192 g/mol. The highest BCUT2D eigenvalue weighted by Crippen LogP contribution is 2.20. The Morgan fingerprint density at radius 3 is 2.93 bits per heavy atom. The van der Waals surface area contributed by atoms with E-state index in [1.54, 1.807) is 11.3 Å². The van der Waals surface area contributed by atoms with Crippen molar-refractivity contribution in [3.8, 4) is 0 Å². The fourth-order valence-electron chi connectivity index (χ4n) is 1.21. The van der Waals surface area contributed by atoms with Gasteiger partial charge in [-0.3, -0.25) is 0 Å². The number of thiazole rings is 1. The van der Waals surface area contributed by atoms with E-state index in [4.69, 9.17) is 0 Å². The van der Waals surface area contributed by atoms with E-state index in [9.17, 15) is 0 Å². The van der Waals surface area contributed by atoms with Gasteiger partial charge in [-0.05, 0) is 25.3 Å². The van der Waals surface area contributed by atoms with Crippen LogP contribution in [0, 0.1) is 0 Å². The lowest BCUT2D eigenvalue weighted by molar-refractivity contribution is 0.662. The van der Waals surface area contributed by atoms with Gasteiger partial charge in [0.05, 0.1) is 5.69 Å². The zero-order chi connectivity index (χ0) is 10.4. The van der Waals surface area contributed by atoms with Gasteiger partial charge >= 0.3 is 0 Å². The summed E-state index contributed by atoms with van der Waals surface area (Å²) >= 11 is 1.77. The zero-order valence-electron chi connectivity index (χ0n) is 9.34. The average molecular weight is 212 g/mol. The Bertz CT molecular complexity index is 258. The molecule has 0 aliphatic heterocycles. The average Bonchev–Trinajstić information content (AvgIpc) is 2.66. The first-order valence-electron chi connectivity index (χ1n) is 5.42. The molecule has 0 aromatic carbocycles. The van der Waals surface area contributed by atoms with Gasteiger partial charge in [-0.15, -0.1) is 11.3 Å². The maximum absolute atomic E-state index is 4.61. The van der Waals surface area contributed by atoms with Gasteiger partial charge in [0.25, 0.3) is 0 Å². The number of nitrogens with one attached hydrogen (secondary N) is 1. The maximum Gasteiger partial charge on any atom is 0.107 e. The Labute approximate surface area is 90.8 Å². The molecule has 0 spiro atoms. The normalized spacial score (nSPS) is 13.1. The first kappa shape index (κ1) is 11.7. The van der Waals surface area contributed by atoms with Crippen molar-refractivity contribution in [1.29, 1.82) is 0 Å². The van der Waals surface area contributed by atoms with Gasteiger partial charge in [-0.25, -0.2) is 4.98 Å². The van der Waals surface area contributed by atoms with Gasteiger partial charge in [0.1, 0.15) is 5.01 Å². The molecule has 1 rings (SSSR count). The topological polar surface area (TPSA) is 24.9 Å². The summed E-state index contributed by atoms with van der Waals surface area (Å²) in [5, 5.41) is 6.78. The van der Waals surface area contributed by atoms with Crippen LogP contribution < -0.4 is 5.32 Å². The standard InChI is InChI=1S/C11H20N2S/c1-4-6-12-7-11-13-10(8-14-11)9(3)5-2/h8-9,12H,4-7H2,1-3H3. The largest absolute Gasteiger partial charge is 0.310 e. The van der Waals surface area contributed by atoms with Crippen LogP contribution in [0.2, 0.25) is 0 Å². The van der Waals surface area contributed by atoms with Crippen molar-refractivity contribution in [3.63, 3.8) is 0 Å². The molecule has 0 aliphatic carbocycles. The van der Waals surface area contributed by atoms with Crippen LogP contribution >= 0.6 is 11.3 Å². The van der Waals surface area contributed by atoms with Gasteiger partial charge < -0.3 is 5.32 Å². The van der Waals surface area contributed by atoms with E-state index in [1.807, 2.05) is 0 Å². The second-order valence-corrected chi connectivity index (χ2v) is 4.59. The van der Waals surface area contributed by atoms with E-state index < -0.39 is 0 Å². The van der Waals surface area contributed by atoms with E-state index in [-0.39, 0.29) is 0 Å². The first-order valence-corrected chi connectivity index (χ1v) is 6.30. The van der Waals surface area contributed by atoms with Gasteiger partial charge in [0, 0.05) is 11.9 Å². The molecule has 1 atom stereocenters. The van der Waals surface area contributed by atoms with Gasteiger partial charge in [0.15, 0.2) is 0 Å². The van der Waals surface area contributed by atoms with Crippen LogP contribution in [0.5, 0.6) is 0 Å². The van der Waals surface area contributed by atoms with E-state index in [2.05, 4.69) is 36.5 Å². The molecule has 0 aliphatic rings. The molecule has 0 saturated carbocycles. The highest BCUT2D eigenvalue weighted by Gasteiger charge is 2.07. The van der Waals surface area contributed by atoms with Gasteiger partial charge in [0.2, 0.25) is 0 Å². The SMILES string of the molecule is CCCNCc1nc(C(C)CC)cs1. The van der Waals surface area contributed by atoms with Gasteiger partial charge in [-0.1, -0.05) is 20.8 Å². The maximum atomic E-state index is 4.61. The lowest BCUT2D eigenvalue weighted by Crippen LogP contribution is -2.13. The van der Waals surface area contributed by atoms with E-state index >= 15 is 0 Å². The molecule has 0 saturated heterocycles. The smallest absolute Gasteiger partial charge is 0.107 e. The third-order valence-corrected chi connectivity index (χ3v) is 3.26. The second-order valence-electron chi connectivity index (χ2n) is 3.65. The number of rotatable bonds is 6. The summed E-state index contributed by atoms with van der Waals surface area (Å²) < 4.78 is 0. The molecule has 1 aromatic rings. The highest BCUT2D eigenvalue weighted by atomic mass is 32.1. The molecule has 0 radical (unpaired) electrons. The van der Waals surface area contributed by atoms with Crippen molar-refractivity contribution in [2.24, 2.45) is 0 Å². The monoisotopic (exact) mass is 212 g/mol. The molecule has 1 heterocycles. The van der Waals surface area contributed by atoms with Crippen molar-refractivity contribution in [2.45, 2.75) is 46.1 Å². The number of nitrogens with zero attached hydrogens (tertiary/aromatic N) is 1. The summed E-state index contributed by atoms with van der Waals surface area (Å²) in [4.78, 5) is 4.61. The number of hydrogen-bond acceptors (Lipinski definition) is 3. The molecule has 1 aromatic heterocycles. The van der Waals surface area contributed by atoms with Crippen LogP contribution in [0.3, 0.4) is 0 Å². The van der Waals surface area contributed by atoms with Crippen molar-refractivity contribution in [2.75, 3.05) is 6.54 Å². The Morgan fingerprint density at radius 1 is 1.50 bits per heavy atom. The van der Waals surface area contributed by atoms with E-state index in [0.717, 1.165) is 13.1 Å². The molecule has 0 fully saturated rings. The van der Waals surface area contributed by atoms with Crippen LogP contribution in [-0.2, 0) is 6.54 Å². The molecule has 0 bridgehead atoms. The Balaban J connectivity index is 2.42. The summed E-state index contributed by atoms with van der Waals surface area (Å²) in [5.74, 6) is 0.603. The minimum Gasteiger partial charge on any atom is -0.310 e. The Hall–Kier alpha value is -0.410. The quantitative estimate of drug-likeness (QED) is 0.733. The molecule has 1 unspecified atom stereocenters. The van der Waals surface area contributed by atoms with Crippen LogP contribution in [-0.4, -0.2) is 11.5 Å².